The largest absolute Gasteiger partial charge is 0.338 e. The molecule has 0 aromatic carbocycles. The Kier molecular flexibility index (Phi) is 3.59. The van der Waals surface area contributed by atoms with E-state index in [0.717, 1.165) is 55.9 Å². The van der Waals surface area contributed by atoms with Crippen LogP contribution < -0.4 is 0 Å². The second-order valence-corrected chi connectivity index (χ2v) is 8.55. The Morgan fingerprint density at radius 2 is 2.08 bits per heavy atom. The number of fused-ring (bicyclic) bond motifs is 1. The van der Waals surface area contributed by atoms with Crippen LogP contribution in [0.15, 0.2) is 6.20 Å². The summed E-state index contributed by atoms with van der Waals surface area (Å²) in [7, 11) is 0. The van der Waals surface area contributed by atoms with Gasteiger partial charge in [-0.2, -0.15) is 0 Å². The molecule has 0 bridgehead atoms. The van der Waals surface area contributed by atoms with Crippen LogP contribution in [0.1, 0.15) is 68.6 Å². The second-order valence-electron chi connectivity index (χ2n) is 8.55. The number of hydrogen-bond acceptors (Lipinski definition) is 4. The summed E-state index contributed by atoms with van der Waals surface area (Å²) in [5.74, 6) is 1.51. The zero-order valence-corrected chi connectivity index (χ0v) is 15.4. The van der Waals surface area contributed by atoms with E-state index in [9.17, 15) is 9.59 Å². The minimum atomic E-state index is 0.0383. The van der Waals surface area contributed by atoms with Crippen LogP contribution in [0.4, 0.5) is 0 Å². The summed E-state index contributed by atoms with van der Waals surface area (Å²) in [5, 5.41) is 0. The molecule has 4 aliphatic rings. The number of likely N-dealkylation sites (tertiary alicyclic amines) is 1. The minimum absolute atomic E-state index is 0.0383. The fraction of sp³-hybridized carbons (Fsp3) is 0.700. The van der Waals surface area contributed by atoms with Gasteiger partial charge in [-0.25, -0.2) is 9.97 Å². The van der Waals surface area contributed by atoms with Crippen molar-refractivity contribution in [3.05, 3.63) is 23.3 Å². The van der Waals surface area contributed by atoms with Gasteiger partial charge in [0.05, 0.1) is 11.7 Å². The highest BCUT2D eigenvalue weighted by Gasteiger charge is 2.62. The van der Waals surface area contributed by atoms with Gasteiger partial charge < -0.3 is 9.80 Å². The number of carbonyl (C=O) groups excluding carboxylic acids is 2. The molecule has 1 aromatic rings. The molecule has 1 spiro atoms. The Morgan fingerprint density at radius 3 is 2.77 bits per heavy atom. The van der Waals surface area contributed by atoms with Gasteiger partial charge in [-0.3, -0.25) is 9.59 Å². The summed E-state index contributed by atoms with van der Waals surface area (Å²) in [4.78, 5) is 38.0. The molecule has 26 heavy (non-hydrogen) atoms. The Balaban J connectivity index is 1.34. The van der Waals surface area contributed by atoms with Gasteiger partial charge in [0.1, 0.15) is 0 Å². The first kappa shape index (κ1) is 16.2. The maximum absolute atomic E-state index is 13.0. The number of rotatable bonds is 2. The Morgan fingerprint density at radius 1 is 1.23 bits per heavy atom. The first-order valence-corrected chi connectivity index (χ1v) is 9.98. The van der Waals surface area contributed by atoms with Gasteiger partial charge in [0.25, 0.3) is 0 Å². The summed E-state index contributed by atoms with van der Waals surface area (Å²) in [5.41, 5.74) is 2.47. The molecule has 1 aromatic heterocycles. The second kappa shape index (κ2) is 5.76. The van der Waals surface area contributed by atoms with E-state index in [1.165, 1.54) is 19.3 Å². The third-order valence-electron chi connectivity index (χ3n) is 7.07. The third kappa shape index (κ3) is 2.45. The molecule has 1 saturated heterocycles. The van der Waals surface area contributed by atoms with Gasteiger partial charge in [-0.05, 0) is 37.5 Å². The van der Waals surface area contributed by atoms with Crippen LogP contribution in [0.3, 0.4) is 0 Å². The van der Waals surface area contributed by atoms with E-state index >= 15 is 0 Å². The first-order chi connectivity index (χ1) is 12.6. The molecule has 2 amide bonds. The fourth-order valence-electron chi connectivity index (χ4n) is 5.14. The summed E-state index contributed by atoms with van der Waals surface area (Å²) >= 11 is 0. The van der Waals surface area contributed by atoms with Crippen molar-refractivity contribution in [3.8, 4) is 0 Å². The van der Waals surface area contributed by atoms with Crippen LogP contribution in [0.5, 0.6) is 0 Å². The van der Waals surface area contributed by atoms with Crippen LogP contribution >= 0.6 is 0 Å². The molecule has 3 fully saturated rings. The number of aromatic nitrogens is 2. The summed E-state index contributed by atoms with van der Waals surface area (Å²) < 4.78 is 0. The van der Waals surface area contributed by atoms with Crippen LogP contribution in [0.2, 0.25) is 0 Å². The Bertz CT molecular complexity index is 773. The van der Waals surface area contributed by atoms with Crippen LogP contribution in [-0.4, -0.2) is 44.7 Å². The molecule has 2 aliphatic heterocycles. The molecule has 5 rings (SSSR count). The van der Waals surface area contributed by atoms with Crippen LogP contribution in [-0.2, 0) is 22.6 Å². The van der Waals surface area contributed by atoms with E-state index in [0.29, 0.717) is 17.9 Å². The molecule has 6 nitrogen and oxygen atoms in total. The highest BCUT2D eigenvalue weighted by atomic mass is 16.2. The number of carbonyl (C=O) groups is 2. The van der Waals surface area contributed by atoms with E-state index in [4.69, 9.17) is 4.98 Å². The zero-order chi connectivity index (χ0) is 17.9. The minimum Gasteiger partial charge on any atom is -0.338 e. The SMILES string of the molecule is CC(=O)N1CCc2nc(C3CCCN3C(=O)C3CC34CCC4)ncc2C1. The number of amides is 2. The van der Waals surface area contributed by atoms with E-state index in [1.54, 1.807) is 6.92 Å². The lowest BCUT2D eigenvalue weighted by Crippen LogP contribution is -2.37. The van der Waals surface area contributed by atoms with Crippen LogP contribution in [0, 0.1) is 11.3 Å². The normalized spacial score (nSPS) is 28.7. The number of hydrogen-bond donors (Lipinski definition) is 0. The third-order valence-corrected chi connectivity index (χ3v) is 7.07. The first-order valence-electron chi connectivity index (χ1n) is 9.98. The van der Waals surface area contributed by atoms with Crippen molar-refractivity contribution in [3.63, 3.8) is 0 Å². The van der Waals surface area contributed by atoms with Crippen molar-refractivity contribution in [1.82, 2.24) is 19.8 Å². The monoisotopic (exact) mass is 354 g/mol. The maximum atomic E-state index is 13.0. The molecule has 138 valence electrons. The molecule has 3 heterocycles. The molecule has 2 saturated carbocycles. The smallest absolute Gasteiger partial charge is 0.226 e. The molecule has 0 radical (unpaired) electrons. The highest BCUT2D eigenvalue weighted by Crippen LogP contribution is 2.66. The molecule has 2 atom stereocenters. The molecular formula is C20H26N4O2. The standard InChI is InChI=1S/C20H26N4O2/c1-13(25)23-9-5-16-14(12-23)11-21-18(22-16)17-4-2-8-24(17)19(26)15-10-20(15)6-3-7-20/h11,15,17H,2-10,12H2,1H3. The average Bonchev–Trinajstić information content (AvgIpc) is 3.22. The molecule has 2 unspecified atom stereocenters. The van der Waals surface area contributed by atoms with Gasteiger partial charge in [0.15, 0.2) is 5.82 Å². The van der Waals surface area contributed by atoms with Gasteiger partial charge in [-0.15, -0.1) is 0 Å². The topological polar surface area (TPSA) is 66.4 Å². The van der Waals surface area contributed by atoms with Crippen molar-refractivity contribution in [2.75, 3.05) is 13.1 Å². The quantitative estimate of drug-likeness (QED) is 0.817. The highest BCUT2D eigenvalue weighted by molar-refractivity contribution is 5.83. The van der Waals surface area contributed by atoms with Gasteiger partial charge in [0, 0.05) is 50.7 Å². The molecular weight excluding hydrogens is 328 g/mol. The lowest BCUT2D eigenvalue weighted by Gasteiger charge is -2.30. The van der Waals surface area contributed by atoms with Crippen molar-refractivity contribution in [2.45, 2.75) is 64.5 Å². The maximum Gasteiger partial charge on any atom is 0.226 e. The lowest BCUT2D eigenvalue weighted by atomic mass is 9.79. The summed E-state index contributed by atoms with van der Waals surface area (Å²) in [6.45, 7) is 3.77. The van der Waals surface area contributed by atoms with Crippen molar-refractivity contribution in [2.24, 2.45) is 11.3 Å². The van der Waals surface area contributed by atoms with Crippen molar-refractivity contribution in [1.29, 1.82) is 0 Å². The predicted molar refractivity (Wildman–Crippen MR) is 94.9 cm³/mol. The van der Waals surface area contributed by atoms with Gasteiger partial charge in [-0.1, -0.05) is 6.42 Å². The van der Waals surface area contributed by atoms with Gasteiger partial charge in [0.2, 0.25) is 11.8 Å². The van der Waals surface area contributed by atoms with Gasteiger partial charge >= 0.3 is 0 Å². The Labute approximate surface area is 154 Å². The van der Waals surface area contributed by atoms with Crippen LogP contribution in [0.25, 0.3) is 0 Å². The summed E-state index contributed by atoms with van der Waals surface area (Å²) in [6.07, 6.45) is 9.51. The van der Waals surface area contributed by atoms with E-state index < -0.39 is 0 Å². The van der Waals surface area contributed by atoms with Crippen molar-refractivity contribution < 1.29 is 9.59 Å². The van der Waals surface area contributed by atoms with E-state index in [-0.39, 0.29) is 17.9 Å². The summed E-state index contributed by atoms with van der Waals surface area (Å²) in [6, 6.07) is 0.0383. The molecule has 0 N–H and O–H groups in total. The Hall–Kier alpha value is -1.98. The molecule has 2 aliphatic carbocycles. The predicted octanol–water partition coefficient (Wildman–Crippen LogP) is 2.23. The number of nitrogens with zero attached hydrogens (tertiary/aromatic N) is 4. The van der Waals surface area contributed by atoms with E-state index in [1.807, 2.05) is 11.1 Å². The van der Waals surface area contributed by atoms with Crippen molar-refractivity contribution >= 4 is 11.8 Å². The molecule has 6 heteroatoms. The van der Waals surface area contributed by atoms with E-state index in [2.05, 4.69) is 9.88 Å². The fourth-order valence-corrected chi connectivity index (χ4v) is 5.14. The zero-order valence-electron chi connectivity index (χ0n) is 15.4. The lowest BCUT2D eigenvalue weighted by molar-refractivity contribution is -0.135. The average molecular weight is 354 g/mol.